The van der Waals surface area contributed by atoms with Crippen LogP contribution in [0.25, 0.3) is 0 Å². The quantitative estimate of drug-likeness (QED) is 0.639. The van der Waals surface area contributed by atoms with Crippen LogP contribution in [0.4, 0.5) is 0 Å². The van der Waals surface area contributed by atoms with E-state index in [1.54, 1.807) is 0 Å². The summed E-state index contributed by atoms with van der Waals surface area (Å²) < 4.78 is 0. The van der Waals surface area contributed by atoms with Gasteiger partial charge in [0.25, 0.3) is 0 Å². The molecule has 1 atom stereocenters. The molecule has 4 heteroatoms. The third kappa shape index (κ3) is 5.03. The number of benzene rings is 1. The maximum atomic E-state index is 10.4. The molecule has 13 heavy (non-hydrogen) atoms. The molecule has 0 heterocycles. The van der Waals surface area contributed by atoms with Gasteiger partial charge in [0.2, 0.25) is 0 Å². The standard InChI is InChI=1S/C9H11NO2.Rb.H/c10-8(9(11)12)6-7-4-2-1-3-5-7;;/h1-5,8H,6,10H2,(H,11,12);;/q;+1;-1/t8-;;/m1../s1. The molecule has 3 nitrogen and oxygen atoms in total. The SMILES string of the molecule is N[C@H](Cc1ccccc1)C(=O)O.[H-].[Rb+]. The van der Waals surface area contributed by atoms with Crippen molar-refractivity contribution in [3.05, 3.63) is 35.9 Å². The van der Waals surface area contributed by atoms with E-state index in [2.05, 4.69) is 0 Å². The zero-order valence-electron chi connectivity index (χ0n) is 8.60. The van der Waals surface area contributed by atoms with E-state index < -0.39 is 12.0 Å². The van der Waals surface area contributed by atoms with Crippen molar-refractivity contribution in [3.63, 3.8) is 0 Å². The Bertz CT molecular complexity index is 269. The second-order valence-corrected chi connectivity index (χ2v) is 2.63. The number of nitrogens with two attached hydrogens (primary N) is 1. The zero-order chi connectivity index (χ0) is 8.97. The minimum atomic E-state index is -0.959. The molecule has 1 aromatic carbocycles. The predicted molar refractivity (Wildman–Crippen MR) is 46.9 cm³/mol. The number of carboxylic acid groups (broad SMARTS) is 1. The smallest absolute Gasteiger partial charge is 1.00 e. The summed E-state index contributed by atoms with van der Waals surface area (Å²) in [6.45, 7) is 0. The number of carbonyl (C=O) groups is 1. The topological polar surface area (TPSA) is 63.3 Å². The molecular formula is C9H12NO2Rb. The Kier molecular flexibility index (Phi) is 7.08. The van der Waals surface area contributed by atoms with E-state index in [0.717, 1.165) is 5.56 Å². The van der Waals surface area contributed by atoms with E-state index in [4.69, 9.17) is 10.8 Å². The number of hydrogen-bond acceptors (Lipinski definition) is 2. The van der Waals surface area contributed by atoms with Crippen LogP contribution in [0.5, 0.6) is 0 Å². The van der Waals surface area contributed by atoms with Crippen LogP contribution >= 0.6 is 0 Å². The van der Waals surface area contributed by atoms with Crippen molar-refractivity contribution in [2.45, 2.75) is 12.5 Å². The first-order chi connectivity index (χ1) is 5.70. The molecule has 0 amide bonds. The number of hydrogen-bond donors (Lipinski definition) is 2. The van der Waals surface area contributed by atoms with Gasteiger partial charge < -0.3 is 12.3 Å². The molecule has 0 aliphatic carbocycles. The van der Waals surface area contributed by atoms with E-state index in [1.807, 2.05) is 30.3 Å². The van der Waals surface area contributed by atoms with Crippen LogP contribution in [0.3, 0.4) is 0 Å². The van der Waals surface area contributed by atoms with Crippen LogP contribution in [0.15, 0.2) is 30.3 Å². The van der Waals surface area contributed by atoms with E-state index >= 15 is 0 Å². The summed E-state index contributed by atoms with van der Waals surface area (Å²) in [4.78, 5) is 10.4. The van der Waals surface area contributed by atoms with E-state index in [9.17, 15) is 4.79 Å². The third-order valence-electron chi connectivity index (χ3n) is 1.62. The Balaban J connectivity index is 0. The molecule has 1 rings (SSSR count). The van der Waals surface area contributed by atoms with Crippen molar-refractivity contribution < 1.29 is 69.5 Å². The Morgan fingerprint density at radius 1 is 1.46 bits per heavy atom. The molecule has 0 aromatic heterocycles. The summed E-state index contributed by atoms with van der Waals surface area (Å²) >= 11 is 0. The van der Waals surface area contributed by atoms with Crippen LogP contribution in [0, 0.1) is 0 Å². The molecule has 0 aliphatic rings. The Morgan fingerprint density at radius 3 is 2.46 bits per heavy atom. The molecule has 3 N–H and O–H groups in total. The molecule has 1 aromatic rings. The molecule has 0 spiro atoms. The van der Waals surface area contributed by atoms with Crippen LogP contribution in [0.2, 0.25) is 0 Å². The van der Waals surface area contributed by atoms with Gasteiger partial charge in [-0.15, -0.1) is 0 Å². The van der Waals surface area contributed by atoms with E-state index in [1.165, 1.54) is 0 Å². The fourth-order valence-electron chi connectivity index (χ4n) is 0.955. The van der Waals surface area contributed by atoms with Gasteiger partial charge >= 0.3 is 64.2 Å². The van der Waals surface area contributed by atoms with E-state index in [0.29, 0.717) is 6.42 Å². The fraction of sp³-hybridized carbons (Fsp3) is 0.222. The Labute approximate surface area is 128 Å². The van der Waals surface area contributed by atoms with Gasteiger partial charge in [-0.25, -0.2) is 0 Å². The van der Waals surface area contributed by atoms with Crippen molar-refractivity contribution in [1.29, 1.82) is 0 Å². The maximum Gasteiger partial charge on any atom is 1.00 e. The fourth-order valence-corrected chi connectivity index (χ4v) is 0.955. The minimum absolute atomic E-state index is 0. The molecule has 0 saturated heterocycles. The molecular weight excluding hydrogens is 240 g/mol. The van der Waals surface area contributed by atoms with Gasteiger partial charge in [0.05, 0.1) is 0 Å². The zero-order valence-corrected chi connectivity index (χ0v) is 12.5. The number of carboxylic acids is 1. The third-order valence-corrected chi connectivity index (χ3v) is 1.62. The van der Waals surface area contributed by atoms with Crippen molar-refractivity contribution in [3.8, 4) is 0 Å². The van der Waals surface area contributed by atoms with Gasteiger partial charge in [-0.3, -0.25) is 4.79 Å². The van der Waals surface area contributed by atoms with Crippen LogP contribution in [-0.2, 0) is 11.2 Å². The van der Waals surface area contributed by atoms with Crippen molar-refractivity contribution >= 4 is 5.97 Å². The van der Waals surface area contributed by atoms with Gasteiger partial charge in [0.1, 0.15) is 6.04 Å². The second kappa shape index (κ2) is 6.84. The molecule has 0 aliphatic heterocycles. The largest absolute Gasteiger partial charge is 1.00 e. The molecule has 66 valence electrons. The van der Waals surface area contributed by atoms with Crippen molar-refractivity contribution in [2.24, 2.45) is 5.73 Å². The number of rotatable bonds is 3. The molecule has 0 saturated carbocycles. The summed E-state index contributed by atoms with van der Waals surface area (Å²) in [5.41, 5.74) is 6.30. The van der Waals surface area contributed by atoms with Gasteiger partial charge in [-0.2, -0.15) is 0 Å². The first-order valence-electron chi connectivity index (χ1n) is 3.72. The van der Waals surface area contributed by atoms with Crippen molar-refractivity contribution in [1.82, 2.24) is 0 Å². The van der Waals surface area contributed by atoms with Crippen molar-refractivity contribution in [2.75, 3.05) is 0 Å². The summed E-state index contributed by atoms with van der Waals surface area (Å²) in [5.74, 6) is -0.959. The first-order valence-corrected chi connectivity index (χ1v) is 3.72. The monoisotopic (exact) mass is 251 g/mol. The molecule has 0 bridgehead atoms. The van der Waals surface area contributed by atoms with Crippen LogP contribution in [-0.4, -0.2) is 17.1 Å². The number of aliphatic carboxylic acids is 1. The normalized spacial score (nSPS) is 11.5. The van der Waals surface area contributed by atoms with Crippen LogP contribution < -0.4 is 63.9 Å². The average molecular weight is 252 g/mol. The van der Waals surface area contributed by atoms with Gasteiger partial charge in [-0.1, -0.05) is 30.3 Å². The second-order valence-electron chi connectivity index (χ2n) is 2.63. The maximum absolute atomic E-state index is 10.4. The molecule has 0 fully saturated rings. The van der Waals surface area contributed by atoms with Gasteiger partial charge in [-0.05, 0) is 12.0 Å². The minimum Gasteiger partial charge on any atom is -1.00 e. The first kappa shape index (κ1) is 13.5. The molecule has 0 radical (unpaired) electrons. The molecule has 0 unspecified atom stereocenters. The van der Waals surface area contributed by atoms with Crippen LogP contribution in [0.1, 0.15) is 6.99 Å². The Hall–Kier alpha value is 0.455. The average Bonchev–Trinajstić information content (AvgIpc) is 2.06. The van der Waals surface area contributed by atoms with Gasteiger partial charge in [0.15, 0.2) is 0 Å². The Morgan fingerprint density at radius 2 is 2.00 bits per heavy atom. The summed E-state index contributed by atoms with van der Waals surface area (Å²) in [6, 6.07) is 8.54. The van der Waals surface area contributed by atoms with Gasteiger partial charge in [0, 0.05) is 0 Å². The summed E-state index contributed by atoms with van der Waals surface area (Å²) in [6.07, 6.45) is 0.385. The summed E-state index contributed by atoms with van der Waals surface area (Å²) in [7, 11) is 0. The van der Waals surface area contributed by atoms with E-state index in [-0.39, 0.29) is 59.6 Å². The summed E-state index contributed by atoms with van der Waals surface area (Å²) in [5, 5.41) is 8.52. The predicted octanol–water partition coefficient (Wildman–Crippen LogP) is -2.24.